The van der Waals surface area contributed by atoms with E-state index in [9.17, 15) is 8.42 Å². The smallest absolute Gasteiger partial charge is 0.153 e. The fraction of sp³-hybridized carbons (Fsp3) is 1.00. The Morgan fingerprint density at radius 2 is 2.00 bits per heavy atom. The first kappa shape index (κ1) is 15.9. The number of nitrogens with one attached hydrogen (secondary N) is 1. The average molecular weight is 276 g/mol. The lowest BCUT2D eigenvalue weighted by Gasteiger charge is -2.37. The van der Waals surface area contributed by atoms with Crippen molar-refractivity contribution in [2.45, 2.75) is 58.7 Å². The van der Waals surface area contributed by atoms with E-state index in [1.54, 1.807) is 0 Å². The topological polar surface area (TPSA) is 49.4 Å². The van der Waals surface area contributed by atoms with Crippen molar-refractivity contribution in [1.29, 1.82) is 0 Å². The van der Waals surface area contributed by atoms with Gasteiger partial charge in [0, 0.05) is 24.7 Å². The van der Waals surface area contributed by atoms with Crippen molar-refractivity contribution in [3.8, 4) is 0 Å². The predicted octanol–water partition coefficient (Wildman–Crippen LogP) is 1.27. The quantitative estimate of drug-likeness (QED) is 0.742. The fourth-order valence-corrected chi connectivity index (χ4v) is 4.20. The Bertz CT molecular complexity index is 341. The van der Waals surface area contributed by atoms with Gasteiger partial charge in [-0.25, -0.2) is 8.42 Å². The van der Waals surface area contributed by atoms with Gasteiger partial charge in [-0.05, 0) is 33.2 Å². The molecule has 0 aromatic rings. The lowest BCUT2D eigenvalue weighted by Crippen LogP contribution is -2.50. The van der Waals surface area contributed by atoms with Crippen molar-refractivity contribution in [3.05, 3.63) is 0 Å². The summed E-state index contributed by atoms with van der Waals surface area (Å²) >= 11 is 0. The van der Waals surface area contributed by atoms with E-state index in [1.165, 1.54) is 0 Å². The van der Waals surface area contributed by atoms with E-state index >= 15 is 0 Å². The van der Waals surface area contributed by atoms with Gasteiger partial charge in [0.2, 0.25) is 0 Å². The molecule has 0 aliphatic carbocycles. The SMILES string of the molecule is CC(C)NCCCC(C)N1CCS(=O)(=O)CC1C. The Hall–Kier alpha value is -0.130. The molecule has 1 heterocycles. The third-order valence-electron chi connectivity index (χ3n) is 3.64. The highest BCUT2D eigenvalue weighted by atomic mass is 32.2. The van der Waals surface area contributed by atoms with Crippen LogP contribution >= 0.6 is 0 Å². The molecular weight excluding hydrogens is 248 g/mol. The Labute approximate surface area is 112 Å². The van der Waals surface area contributed by atoms with Crippen LogP contribution in [0.3, 0.4) is 0 Å². The third-order valence-corrected chi connectivity index (χ3v) is 5.43. The van der Waals surface area contributed by atoms with Crippen LogP contribution in [0.1, 0.15) is 40.5 Å². The normalized spacial score (nSPS) is 26.4. The number of rotatable bonds is 6. The molecule has 0 aromatic carbocycles. The second-order valence-electron chi connectivity index (χ2n) is 5.80. The van der Waals surface area contributed by atoms with Gasteiger partial charge in [-0.15, -0.1) is 0 Å². The molecule has 0 radical (unpaired) electrons. The van der Waals surface area contributed by atoms with E-state index in [4.69, 9.17) is 0 Å². The van der Waals surface area contributed by atoms with Crippen LogP contribution in [-0.2, 0) is 9.84 Å². The van der Waals surface area contributed by atoms with E-state index in [0.29, 0.717) is 30.1 Å². The van der Waals surface area contributed by atoms with Crippen molar-refractivity contribution < 1.29 is 8.42 Å². The summed E-state index contributed by atoms with van der Waals surface area (Å²) < 4.78 is 23.1. The van der Waals surface area contributed by atoms with Crippen LogP contribution in [0.25, 0.3) is 0 Å². The zero-order valence-electron chi connectivity index (χ0n) is 12.1. The van der Waals surface area contributed by atoms with Gasteiger partial charge < -0.3 is 5.32 Å². The van der Waals surface area contributed by atoms with E-state index < -0.39 is 9.84 Å². The number of nitrogens with zero attached hydrogens (tertiary/aromatic N) is 1. The molecule has 2 unspecified atom stereocenters. The monoisotopic (exact) mass is 276 g/mol. The minimum Gasteiger partial charge on any atom is -0.315 e. The van der Waals surface area contributed by atoms with E-state index in [1.807, 2.05) is 6.92 Å². The average Bonchev–Trinajstić information content (AvgIpc) is 2.22. The summed E-state index contributed by atoms with van der Waals surface area (Å²) in [6.07, 6.45) is 2.28. The highest BCUT2D eigenvalue weighted by molar-refractivity contribution is 7.91. The van der Waals surface area contributed by atoms with Gasteiger partial charge in [-0.3, -0.25) is 4.90 Å². The first-order chi connectivity index (χ1) is 8.32. The van der Waals surface area contributed by atoms with Crippen LogP contribution in [0.4, 0.5) is 0 Å². The number of hydrogen-bond acceptors (Lipinski definition) is 4. The van der Waals surface area contributed by atoms with Gasteiger partial charge in [-0.1, -0.05) is 13.8 Å². The number of hydrogen-bond donors (Lipinski definition) is 1. The maximum atomic E-state index is 11.5. The molecule has 0 amide bonds. The Kier molecular flexibility index (Phi) is 6.08. The second kappa shape index (κ2) is 6.87. The first-order valence-corrected chi connectivity index (χ1v) is 8.83. The molecule has 0 saturated carbocycles. The van der Waals surface area contributed by atoms with Gasteiger partial charge in [0.15, 0.2) is 9.84 Å². The van der Waals surface area contributed by atoms with Crippen LogP contribution in [0.2, 0.25) is 0 Å². The molecule has 1 aliphatic heterocycles. The van der Waals surface area contributed by atoms with Gasteiger partial charge in [0.1, 0.15) is 0 Å². The van der Waals surface area contributed by atoms with E-state index in [2.05, 4.69) is 31.0 Å². The molecule has 1 rings (SSSR count). The molecule has 1 N–H and O–H groups in total. The van der Waals surface area contributed by atoms with Crippen molar-refractivity contribution in [3.63, 3.8) is 0 Å². The lowest BCUT2D eigenvalue weighted by molar-refractivity contribution is 0.159. The Morgan fingerprint density at radius 3 is 2.56 bits per heavy atom. The van der Waals surface area contributed by atoms with Crippen LogP contribution in [0, 0.1) is 0 Å². The van der Waals surface area contributed by atoms with Crippen molar-refractivity contribution in [1.82, 2.24) is 10.2 Å². The zero-order valence-corrected chi connectivity index (χ0v) is 13.0. The molecule has 0 spiro atoms. The van der Waals surface area contributed by atoms with Crippen molar-refractivity contribution in [2.75, 3.05) is 24.6 Å². The van der Waals surface area contributed by atoms with Gasteiger partial charge in [0.05, 0.1) is 11.5 Å². The predicted molar refractivity (Wildman–Crippen MR) is 76.7 cm³/mol. The minimum atomic E-state index is -2.79. The second-order valence-corrected chi connectivity index (χ2v) is 8.03. The molecule has 1 aliphatic rings. The van der Waals surface area contributed by atoms with Crippen LogP contribution < -0.4 is 5.32 Å². The molecule has 2 atom stereocenters. The van der Waals surface area contributed by atoms with Crippen LogP contribution in [-0.4, -0.2) is 56.0 Å². The molecule has 4 nitrogen and oxygen atoms in total. The van der Waals surface area contributed by atoms with Gasteiger partial charge in [-0.2, -0.15) is 0 Å². The highest BCUT2D eigenvalue weighted by Gasteiger charge is 2.30. The van der Waals surface area contributed by atoms with Crippen LogP contribution in [0.15, 0.2) is 0 Å². The molecule has 0 bridgehead atoms. The molecule has 0 aromatic heterocycles. The summed E-state index contributed by atoms with van der Waals surface area (Å²) in [5.74, 6) is 0.646. The number of sulfone groups is 1. The summed E-state index contributed by atoms with van der Waals surface area (Å²) in [5, 5.41) is 3.41. The van der Waals surface area contributed by atoms with Gasteiger partial charge >= 0.3 is 0 Å². The van der Waals surface area contributed by atoms with Crippen molar-refractivity contribution in [2.24, 2.45) is 0 Å². The molecule has 5 heteroatoms. The molecule has 1 fully saturated rings. The zero-order chi connectivity index (χ0) is 13.8. The van der Waals surface area contributed by atoms with Crippen LogP contribution in [0.5, 0.6) is 0 Å². The maximum Gasteiger partial charge on any atom is 0.153 e. The molecule has 108 valence electrons. The summed E-state index contributed by atoms with van der Waals surface area (Å²) in [7, 11) is -2.79. The largest absolute Gasteiger partial charge is 0.315 e. The first-order valence-electron chi connectivity index (χ1n) is 7.01. The highest BCUT2D eigenvalue weighted by Crippen LogP contribution is 2.17. The summed E-state index contributed by atoms with van der Waals surface area (Å²) in [5.41, 5.74) is 0. The molecule has 18 heavy (non-hydrogen) atoms. The molecule has 1 saturated heterocycles. The van der Waals surface area contributed by atoms with Gasteiger partial charge in [0.25, 0.3) is 0 Å². The minimum absolute atomic E-state index is 0.164. The maximum absolute atomic E-state index is 11.5. The van der Waals surface area contributed by atoms with E-state index in [0.717, 1.165) is 19.4 Å². The Morgan fingerprint density at radius 1 is 1.33 bits per heavy atom. The summed E-state index contributed by atoms with van der Waals surface area (Å²) in [4.78, 5) is 2.34. The Balaban J connectivity index is 2.31. The fourth-order valence-electron chi connectivity index (χ4n) is 2.62. The molecular formula is C13H28N2O2S. The van der Waals surface area contributed by atoms with Crippen molar-refractivity contribution >= 4 is 9.84 Å². The third kappa shape index (κ3) is 5.24. The summed E-state index contributed by atoms with van der Waals surface area (Å²) in [6, 6.07) is 1.18. The lowest BCUT2D eigenvalue weighted by atomic mass is 10.1. The van der Waals surface area contributed by atoms with E-state index in [-0.39, 0.29) is 6.04 Å². The standard InChI is InChI=1S/C13H28N2O2S/c1-11(2)14-7-5-6-12(3)15-8-9-18(16,17)10-13(15)4/h11-14H,5-10H2,1-4H3. The summed E-state index contributed by atoms with van der Waals surface area (Å²) in [6.45, 7) is 10.3.